The molecule has 4 heteroatoms. The van der Waals surface area contributed by atoms with Gasteiger partial charge in [-0.05, 0) is 77.8 Å². The fourth-order valence-corrected chi connectivity index (χ4v) is 10.5. The second kappa shape index (κ2) is 9.87. The summed E-state index contributed by atoms with van der Waals surface area (Å²) in [5.41, 5.74) is 8.36. The summed E-state index contributed by atoms with van der Waals surface area (Å²) in [7, 11) is -0.317. The highest BCUT2D eigenvalue weighted by atomic mass is 28.4. The predicted octanol–water partition coefficient (Wildman–Crippen LogP) is 7.00. The van der Waals surface area contributed by atoms with E-state index in [1.165, 1.54) is 47.7 Å². The second-order valence-corrected chi connectivity index (χ2v) is 14.5. The van der Waals surface area contributed by atoms with Crippen LogP contribution in [0.1, 0.15) is 82.7 Å². The Balaban J connectivity index is 2.13. The first-order chi connectivity index (χ1) is 14.8. The molecule has 1 aromatic carbocycles. The largest absolute Gasteiger partial charge is 0.496 e. The quantitative estimate of drug-likeness (QED) is 0.311. The molecule has 0 N–H and O–H groups in total. The van der Waals surface area contributed by atoms with Crippen molar-refractivity contribution in [3.63, 3.8) is 0 Å². The van der Waals surface area contributed by atoms with Crippen LogP contribution in [-0.2, 0) is 17.5 Å². The number of ether oxygens (including phenoxy) is 1. The monoisotopic (exact) mass is 439 g/mol. The molecule has 0 unspecified atom stereocenters. The van der Waals surface area contributed by atoms with E-state index < -0.39 is 8.32 Å². The third-order valence-electron chi connectivity index (χ3n) is 6.98. The molecule has 0 atom stereocenters. The van der Waals surface area contributed by atoms with Crippen molar-refractivity contribution < 1.29 is 9.16 Å². The van der Waals surface area contributed by atoms with Gasteiger partial charge in [0.1, 0.15) is 5.75 Å². The van der Waals surface area contributed by atoms with E-state index in [9.17, 15) is 0 Å². The summed E-state index contributed by atoms with van der Waals surface area (Å²) in [4.78, 5) is 5.32. The van der Waals surface area contributed by atoms with Crippen LogP contribution < -0.4 is 9.92 Å². The minimum atomic E-state index is -2.06. The van der Waals surface area contributed by atoms with E-state index in [4.69, 9.17) is 14.1 Å². The van der Waals surface area contributed by atoms with Gasteiger partial charge in [0.25, 0.3) is 0 Å². The number of benzene rings is 1. The number of aryl methyl sites for hydroxylation is 3. The van der Waals surface area contributed by atoms with E-state index in [2.05, 4.69) is 66.7 Å². The zero-order chi connectivity index (χ0) is 22.8. The first-order valence-electron chi connectivity index (χ1n) is 12.1. The number of rotatable bonds is 9. The van der Waals surface area contributed by atoms with Crippen LogP contribution in [0.15, 0.2) is 18.2 Å². The number of fused-ring (bicyclic) bond motifs is 1. The van der Waals surface area contributed by atoms with Gasteiger partial charge >= 0.3 is 0 Å². The maximum Gasteiger partial charge on any atom is 0.231 e. The fourth-order valence-electron chi connectivity index (χ4n) is 5.56. The van der Waals surface area contributed by atoms with E-state index in [1.807, 2.05) is 0 Å². The maximum atomic E-state index is 6.76. The molecule has 1 aliphatic heterocycles. The van der Waals surface area contributed by atoms with Gasteiger partial charge < -0.3 is 9.16 Å². The zero-order valence-corrected chi connectivity index (χ0v) is 21.9. The van der Waals surface area contributed by atoms with Crippen LogP contribution in [0, 0.1) is 13.8 Å². The van der Waals surface area contributed by atoms with Gasteiger partial charge in [-0.25, -0.2) is 0 Å². The summed E-state index contributed by atoms with van der Waals surface area (Å²) in [6, 6.07) is 6.74. The van der Waals surface area contributed by atoms with Crippen LogP contribution in [0.25, 0.3) is 11.3 Å². The van der Waals surface area contributed by atoms with Crippen LogP contribution in [0.5, 0.6) is 5.75 Å². The summed E-state index contributed by atoms with van der Waals surface area (Å²) in [6.07, 6.45) is 6.10. The normalized spacial score (nSPS) is 15.0. The smallest absolute Gasteiger partial charge is 0.231 e. The molecule has 0 saturated heterocycles. The van der Waals surface area contributed by atoms with Crippen LogP contribution in [0.3, 0.4) is 0 Å². The molecule has 0 spiro atoms. The maximum absolute atomic E-state index is 6.76. The summed E-state index contributed by atoms with van der Waals surface area (Å²) >= 11 is 0. The molecule has 170 valence electrons. The number of methoxy groups -OCH3 is 1. The van der Waals surface area contributed by atoms with Crippen molar-refractivity contribution in [3.8, 4) is 17.0 Å². The molecule has 0 amide bonds. The van der Waals surface area contributed by atoms with Crippen molar-refractivity contribution in [2.75, 3.05) is 7.11 Å². The molecule has 2 heterocycles. The van der Waals surface area contributed by atoms with E-state index in [-0.39, 0.29) is 0 Å². The second-order valence-electron chi connectivity index (χ2n) is 9.83. The Morgan fingerprint density at radius 2 is 1.65 bits per heavy atom. The summed E-state index contributed by atoms with van der Waals surface area (Å²) in [5.74, 6) is 0.971. The van der Waals surface area contributed by atoms with Gasteiger partial charge in [-0.1, -0.05) is 53.9 Å². The van der Waals surface area contributed by atoms with E-state index in [1.54, 1.807) is 7.11 Å². The molecule has 0 aliphatic carbocycles. The van der Waals surface area contributed by atoms with Crippen molar-refractivity contribution in [1.29, 1.82) is 0 Å². The third-order valence-corrected chi connectivity index (χ3v) is 12.4. The molecule has 0 saturated carbocycles. The molecule has 0 bridgehead atoms. The lowest BCUT2D eigenvalue weighted by molar-refractivity contribution is 0.299. The zero-order valence-electron chi connectivity index (χ0n) is 20.9. The fraction of sp³-hybridized carbons (Fsp3) is 0.593. The summed E-state index contributed by atoms with van der Waals surface area (Å²) < 4.78 is 12.3. The van der Waals surface area contributed by atoms with E-state index >= 15 is 0 Å². The first kappa shape index (κ1) is 24.0. The van der Waals surface area contributed by atoms with Crippen molar-refractivity contribution in [1.82, 2.24) is 4.98 Å². The Labute approximate surface area is 190 Å². The Morgan fingerprint density at radius 1 is 1.00 bits per heavy atom. The molecule has 0 radical (unpaired) electrons. The van der Waals surface area contributed by atoms with Crippen molar-refractivity contribution in [3.05, 3.63) is 40.6 Å². The lowest BCUT2D eigenvalue weighted by Crippen LogP contribution is -2.54. The lowest BCUT2D eigenvalue weighted by atomic mass is 10.0. The molecule has 0 fully saturated rings. The topological polar surface area (TPSA) is 31.4 Å². The highest BCUT2D eigenvalue weighted by molar-refractivity contribution is 6.90. The molecule has 1 aliphatic rings. The highest BCUT2D eigenvalue weighted by Crippen LogP contribution is 2.40. The van der Waals surface area contributed by atoms with E-state index in [0.717, 1.165) is 35.6 Å². The van der Waals surface area contributed by atoms with Crippen LogP contribution in [-0.4, -0.2) is 20.4 Å². The van der Waals surface area contributed by atoms with Gasteiger partial charge in [0.2, 0.25) is 8.32 Å². The Hall–Kier alpha value is -1.65. The van der Waals surface area contributed by atoms with Gasteiger partial charge in [-0.2, -0.15) is 0 Å². The molecular formula is C27H41NO2Si. The number of hydrogen-bond donors (Lipinski definition) is 0. The van der Waals surface area contributed by atoms with E-state index in [0.29, 0.717) is 11.1 Å². The molecule has 31 heavy (non-hydrogen) atoms. The van der Waals surface area contributed by atoms with Gasteiger partial charge in [-0.15, -0.1) is 0 Å². The number of nitrogens with zero attached hydrogens (tertiary/aromatic N) is 1. The number of unbranched alkanes of at least 4 members (excludes halogenated alkanes) is 3. The number of pyridine rings is 1. The molecular weight excluding hydrogens is 398 g/mol. The summed E-state index contributed by atoms with van der Waals surface area (Å²) in [6.45, 7) is 16.7. The minimum absolute atomic E-state index is 0.543. The van der Waals surface area contributed by atoms with Crippen molar-refractivity contribution in [2.45, 2.75) is 98.3 Å². The van der Waals surface area contributed by atoms with Crippen molar-refractivity contribution >= 4 is 13.5 Å². The van der Waals surface area contributed by atoms with Crippen LogP contribution in [0.4, 0.5) is 0 Å². The predicted molar refractivity (Wildman–Crippen MR) is 134 cm³/mol. The highest BCUT2D eigenvalue weighted by Gasteiger charge is 2.50. The van der Waals surface area contributed by atoms with Crippen LogP contribution >= 0.6 is 0 Å². The average Bonchev–Trinajstić information content (AvgIpc) is 3.12. The number of hydrogen-bond acceptors (Lipinski definition) is 3. The van der Waals surface area contributed by atoms with Gasteiger partial charge in [0.05, 0.1) is 19.4 Å². The molecule has 2 aromatic rings. The first-order valence-corrected chi connectivity index (χ1v) is 14.1. The lowest BCUT2D eigenvalue weighted by Gasteiger charge is -2.35. The SMILES string of the molecule is CCCCCCc1nc(-c2cc(C)c(OC)c(C)c2)cc2c1[Si](C(C)C)(C(C)C)OC2. The Bertz CT molecular complexity index is 889. The number of aromatic nitrogens is 1. The standard InChI is InChI=1S/C27H41NO2Si/c1-9-10-11-12-13-24-27-23(17-30-31(27,18(2)3)19(4)5)16-25(28-24)22-14-20(6)26(29-8)21(7)15-22/h14-16,18-19H,9-13,17H2,1-8H3. The molecule has 1 aromatic heterocycles. The van der Waals surface area contributed by atoms with Gasteiger partial charge in [-0.3, -0.25) is 4.98 Å². The minimum Gasteiger partial charge on any atom is -0.496 e. The van der Waals surface area contributed by atoms with Crippen molar-refractivity contribution in [2.24, 2.45) is 0 Å². The molecule has 3 nitrogen and oxygen atoms in total. The van der Waals surface area contributed by atoms with Gasteiger partial charge in [0, 0.05) is 11.3 Å². The average molecular weight is 440 g/mol. The summed E-state index contributed by atoms with van der Waals surface area (Å²) in [5, 5.41) is 1.51. The molecule has 3 rings (SSSR count). The van der Waals surface area contributed by atoms with Gasteiger partial charge in [0.15, 0.2) is 0 Å². The third kappa shape index (κ3) is 4.47. The van der Waals surface area contributed by atoms with Crippen LogP contribution in [0.2, 0.25) is 11.1 Å². The Morgan fingerprint density at radius 3 is 2.19 bits per heavy atom. The Kier molecular flexibility index (Phi) is 7.64.